The molecule has 0 aromatic carbocycles. The van der Waals surface area contributed by atoms with Crippen molar-refractivity contribution in [1.82, 2.24) is 0 Å². The highest BCUT2D eigenvalue weighted by Crippen LogP contribution is 2.16. The minimum Gasteiger partial charge on any atom is -0.450 e. The number of ether oxygens (including phenoxy) is 1. The van der Waals surface area contributed by atoms with Crippen molar-refractivity contribution < 1.29 is 14.6 Å². The normalized spacial score (nSPS) is 14.6. The first-order chi connectivity index (χ1) is 5.04. The molecule has 0 aliphatic rings. The van der Waals surface area contributed by atoms with E-state index in [9.17, 15) is 4.79 Å². The van der Waals surface area contributed by atoms with E-state index in [1.54, 1.807) is 13.0 Å². The maximum absolute atomic E-state index is 10.1. The zero-order valence-corrected chi connectivity index (χ0v) is 6.54. The highest BCUT2D eigenvalue weighted by Gasteiger charge is 2.22. The zero-order chi connectivity index (χ0) is 8.91. The van der Waals surface area contributed by atoms with E-state index in [4.69, 9.17) is 5.11 Å². The Kier molecular flexibility index (Phi) is 3.37. The van der Waals surface area contributed by atoms with Gasteiger partial charge in [0.2, 0.25) is 0 Å². The fraction of sp³-hybridized carbons (Fsp3) is 0.375. The van der Waals surface area contributed by atoms with Crippen LogP contribution in [0.4, 0.5) is 4.79 Å². The molecule has 0 spiro atoms. The van der Waals surface area contributed by atoms with Crippen molar-refractivity contribution in [2.45, 2.75) is 18.9 Å². The van der Waals surface area contributed by atoms with Crippen molar-refractivity contribution >= 4 is 6.16 Å². The summed E-state index contributed by atoms with van der Waals surface area (Å²) in [6, 6.07) is 0. The molecule has 0 amide bonds. The van der Waals surface area contributed by atoms with E-state index < -0.39 is 11.8 Å². The van der Waals surface area contributed by atoms with E-state index in [2.05, 4.69) is 17.9 Å². The van der Waals surface area contributed by atoms with Gasteiger partial charge in [-0.1, -0.05) is 12.7 Å². The van der Waals surface area contributed by atoms with E-state index >= 15 is 0 Å². The lowest BCUT2D eigenvalue weighted by Crippen LogP contribution is -2.27. The van der Waals surface area contributed by atoms with Crippen molar-refractivity contribution in [3.05, 3.63) is 25.3 Å². The fourth-order valence-corrected chi connectivity index (χ4v) is 0.653. The lowest BCUT2D eigenvalue weighted by molar-refractivity contribution is 0.0226. The summed E-state index contributed by atoms with van der Waals surface area (Å²) in [4.78, 5) is 10.1. The van der Waals surface area contributed by atoms with Gasteiger partial charge in [0.05, 0.1) is 0 Å². The first kappa shape index (κ1) is 9.75. The van der Waals surface area contributed by atoms with Crippen LogP contribution in [0.1, 0.15) is 13.3 Å². The minimum absolute atomic E-state index is 0.433. The van der Waals surface area contributed by atoms with Crippen molar-refractivity contribution in [3.8, 4) is 0 Å². The summed E-state index contributed by atoms with van der Waals surface area (Å²) < 4.78 is 4.55. The molecule has 0 rings (SSSR count). The van der Waals surface area contributed by atoms with Crippen molar-refractivity contribution in [2.75, 3.05) is 0 Å². The van der Waals surface area contributed by atoms with Crippen LogP contribution in [0.15, 0.2) is 25.3 Å². The van der Waals surface area contributed by atoms with E-state index in [1.807, 2.05) is 0 Å². The SMILES string of the molecule is C=CCC(C)(C=C)OC(=O)O. The van der Waals surface area contributed by atoms with E-state index in [-0.39, 0.29) is 0 Å². The second-order valence-electron chi connectivity index (χ2n) is 2.38. The molecule has 0 saturated heterocycles. The first-order valence-corrected chi connectivity index (χ1v) is 3.20. The molecule has 0 aromatic heterocycles. The monoisotopic (exact) mass is 156 g/mol. The van der Waals surface area contributed by atoms with Gasteiger partial charge in [-0.25, -0.2) is 4.79 Å². The Hall–Kier alpha value is -1.25. The third-order valence-corrected chi connectivity index (χ3v) is 1.30. The van der Waals surface area contributed by atoms with Gasteiger partial charge in [0, 0.05) is 6.42 Å². The Morgan fingerprint density at radius 1 is 1.73 bits per heavy atom. The molecule has 0 aromatic rings. The Balaban J connectivity index is 4.19. The van der Waals surface area contributed by atoms with E-state index in [1.165, 1.54) is 6.08 Å². The summed E-state index contributed by atoms with van der Waals surface area (Å²) in [5.41, 5.74) is -0.840. The van der Waals surface area contributed by atoms with Gasteiger partial charge >= 0.3 is 6.16 Å². The number of carbonyl (C=O) groups is 1. The molecular formula is C8H12O3. The summed E-state index contributed by atoms with van der Waals surface area (Å²) in [6.07, 6.45) is 2.17. The topological polar surface area (TPSA) is 46.5 Å². The maximum atomic E-state index is 10.1. The molecule has 1 unspecified atom stereocenters. The van der Waals surface area contributed by atoms with E-state index in [0.29, 0.717) is 6.42 Å². The third kappa shape index (κ3) is 3.45. The fourth-order valence-electron chi connectivity index (χ4n) is 0.653. The van der Waals surface area contributed by atoms with Gasteiger partial charge in [-0.2, -0.15) is 0 Å². The smallest absolute Gasteiger partial charge is 0.450 e. The highest BCUT2D eigenvalue weighted by molar-refractivity contribution is 5.58. The second kappa shape index (κ2) is 3.81. The molecule has 1 N–H and O–H groups in total. The van der Waals surface area contributed by atoms with Crippen LogP contribution in [-0.4, -0.2) is 16.9 Å². The van der Waals surface area contributed by atoms with Crippen LogP contribution in [0, 0.1) is 0 Å². The lowest BCUT2D eigenvalue weighted by Gasteiger charge is -2.21. The molecule has 0 saturated carbocycles. The summed E-state index contributed by atoms with van der Waals surface area (Å²) in [5.74, 6) is 0. The predicted octanol–water partition coefficient (Wildman–Crippen LogP) is 2.20. The average molecular weight is 156 g/mol. The molecule has 0 heterocycles. The van der Waals surface area contributed by atoms with Crippen LogP contribution in [0.3, 0.4) is 0 Å². The summed E-state index contributed by atoms with van der Waals surface area (Å²) in [7, 11) is 0. The Morgan fingerprint density at radius 2 is 2.27 bits per heavy atom. The average Bonchev–Trinajstić information content (AvgIpc) is 1.87. The Labute approximate surface area is 66.0 Å². The molecule has 0 aliphatic carbocycles. The largest absolute Gasteiger partial charge is 0.506 e. The van der Waals surface area contributed by atoms with Gasteiger partial charge in [0.1, 0.15) is 5.60 Å². The molecule has 3 heteroatoms. The Morgan fingerprint density at radius 3 is 2.55 bits per heavy atom. The van der Waals surface area contributed by atoms with Gasteiger partial charge in [-0.05, 0) is 13.0 Å². The van der Waals surface area contributed by atoms with Gasteiger partial charge in [0.15, 0.2) is 0 Å². The summed E-state index contributed by atoms with van der Waals surface area (Å²) >= 11 is 0. The molecule has 3 nitrogen and oxygen atoms in total. The standard InChI is InChI=1S/C8H12O3/c1-4-6-8(3,5-2)11-7(9)10/h4-5H,1-2,6H2,3H3,(H,9,10). The van der Waals surface area contributed by atoms with Crippen LogP contribution >= 0.6 is 0 Å². The number of rotatable bonds is 4. The minimum atomic E-state index is -1.30. The van der Waals surface area contributed by atoms with Crippen molar-refractivity contribution in [3.63, 3.8) is 0 Å². The van der Waals surface area contributed by atoms with Gasteiger partial charge in [-0.3, -0.25) is 0 Å². The summed E-state index contributed by atoms with van der Waals surface area (Å²) in [6.45, 7) is 8.58. The molecule has 0 fully saturated rings. The molecular weight excluding hydrogens is 144 g/mol. The molecule has 62 valence electrons. The quantitative estimate of drug-likeness (QED) is 0.501. The van der Waals surface area contributed by atoms with Crippen LogP contribution in [0.25, 0.3) is 0 Å². The molecule has 0 radical (unpaired) electrons. The number of hydrogen-bond acceptors (Lipinski definition) is 2. The van der Waals surface area contributed by atoms with Crippen LogP contribution < -0.4 is 0 Å². The molecule has 0 bridgehead atoms. The maximum Gasteiger partial charge on any atom is 0.506 e. The number of hydrogen-bond donors (Lipinski definition) is 1. The first-order valence-electron chi connectivity index (χ1n) is 3.20. The second-order valence-corrected chi connectivity index (χ2v) is 2.38. The van der Waals surface area contributed by atoms with Gasteiger partial charge in [-0.15, -0.1) is 6.58 Å². The molecule has 1 atom stereocenters. The Bertz CT molecular complexity index is 174. The highest BCUT2D eigenvalue weighted by atomic mass is 16.7. The van der Waals surface area contributed by atoms with Crippen molar-refractivity contribution in [2.24, 2.45) is 0 Å². The predicted molar refractivity (Wildman–Crippen MR) is 42.5 cm³/mol. The zero-order valence-electron chi connectivity index (χ0n) is 6.54. The van der Waals surface area contributed by atoms with Crippen molar-refractivity contribution in [1.29, 1.82) is 0 Å². The summed E-state index contributed by atoms with van der Waals surface area (Å²) in [5, 5.41) is 8.30. The van der Waals surface area contributed by atoms with Gasteiger partial charge < -0.3 is 9.84 Å². The van der Waals surface area contributed by atoms with Crippen LogP contribution in [0.2, 0.25) is 0 Å². The molecule has 0 aliphatic heterocycles. The molecule has 11 heavy (non-hydrogen) atoms. The lowest BCUT2D eigenvalue weighted by atomic mass is 10.0. The third-order valence-electron chi connectivity index (χ3n) is 1.30. The van der Waals surface area contributed by atoms with Crippen LogP contribution in [-0.2, 0) is 4.74 Å². The van der Waals surface area contributed by atoms with Crippen LogP contribution in [0.5, 0.6) is 0 Å². The van der Waals surface area contributed by atoms with E-state index in [0.717, 1.165) is 0 Å². The number of carboxylic acid groups (broad SMARTS) is 1. The van der Waals surface area contributed by atoms with Gasteiger partial charge in [0.25, 0.3) is 0 Å².